The highest BCUT2D eigenvalue weighted by atomic mass is 32.2. The molecule has 1 aliphatic heterocycles. The van der Waals surface area contributed by atoms with Crippen LogP contribution in [0.2, 0.25) is 0 Å². The quantitative estimate of drug-likeness (QED) is 0.822. The van der Waals surface area contributed by atoms with Gasteiger partial charge in [0.1, 0.15) is 16.6 Å². The first kappa shape index (κ1) is 10.9. The number of phenolic OH excluding ortho intramolecular Hbond substituents is 1. The minimum absolute atomic E-state index is 0.0984. The van der Waals surface area contributed by atoms with E-state index in [-0.39, 0.29) is 11.3 Å². The predicted octanol–water partition coefficient (Wildman–Crippen LogP) is 1.48. The number of aliphatic imine (C=N–C) groups is 1. The lowest BCUT2D eigenvalue weighted by molar-refractivity contribution is -0.137. The van der Waals surface area contributed by atoms with Gasteiger partial charge >= 0.3 is 5.97 Å². The molecule has 84 valence electrons. The second kappa shape index (κ2) is 4.13. The fourth-order valence-corrected chi connectivity index (χ4v) is 2.38. The van der Waals surface area contributed by atoms with E-state index in [1.54, 1.807) is 0 Å². The normalized spacial score (nSPS) is 19.6. The molecule has 0 aromatic heterocycles. The molecular formula is C10H8FNO3S. The van der Waals surface area contributed by atoms with Crippen molar-refractivity contribution in [1.29, 1.82) is 0 Å². The van der Waals surface area contributed by atoms with E-state index < -0.39 is 17.8 Å². The van der Waals surface area contributed by atoms with E-state index >= 15 is 0 Å². The van der Waals surface area contributed by atoms with Crippen molar-refractivity contribution in [3.63, 3.8) is 0 Å². The van der Waals surface area contributed by atoms with E-state index in [1.807, 2.05) is 0 Å². The van der Waals surface area contributed by atoms with E-state index in [2.05, 4.69) is 4.99 Å². The lowest BCUT2D eigenvalue weighted by Gasteiger charge is -2.02. The van der Waals surface area contributed by atoms with Crippen LogP contribution in [0.3, 0.4) is 0 Å². The number of nitrogens with zero attached hydrogens (tertiary/aromatic N) is 1. The summed E-state index contributed by atoms with van der Waals surface area (Å²) in [6.07, 6.45) is 0. The molecule has 4 nitrogen and oxygen atoms in total. The molecule has 2 rings (SSSR count). The van der Waals surface area contributed by atoms with Crippen LogP contribution in [0.25, 0.3) is 0 Å². The third-order valence-electron chi connectivity index (χ3n) is 2.13. The molecule has 0 saturated carbocycles. The van der Waals surface area contributed by atoms with Crippen LogP contribution in [0.4, 0.5) is 4.39 Å². The summed E-state index contributed by atoms with van der Waals surface area (Å²) < 4.78 is 13.0. The van der Waals surface area contributed by atoms with Crippen LogP contribution in [-0.4, -0.2) is 33.0 Å². The number of aliphatic carboxylic acids is 1. The molecule has 16 heavy (non-hydrogen) atoms. The fourth-order valence-electron chi connectivity index (χ4n) is 1.33. The average molecular weight is 241 g/mol. The smallest absolute Gasteiger partial charge is 0.329 e. The summed E-state index contributed by atoms with van der Waals surface area (Å²) in [5.74, 6) is -1.30. The number of aromatic hydroxyl groups is 1. The van der Waals surface area contributed by atoms with Crippen LogP contribution in [0.15, 0.2) is 23.2 Å². The van der Waals surface area contributed by atoms with Crippen LogP contribution >= 0.6 is 11.8 Å². The Hall–Kier alpha value is -1.56. The van der Waals surface area contributed by atoms with Crippen LogP contribution in [-0.2, 0) is 4.79 Å². The maximum atomic E-state index is 13.0. The van der Waals surface area contributed by atoms with Crippen molar-refractivity contribution >= 4 is 22.8 Å². The van der Waals surface area contributed by atoms with Gasteiger partial charge < -0.3 is 10.2 Å². The second-order valence-corrected chi connectivity index (χ2v) is 4.27. The molecule has 1 atom stereocenters. The number of rotatable bonds is 2. The van der Waals surface area contributed by atoms with Crippen molar-refractivity contribution in [2.45, 2.75) is 6.04 Å². The summed E-state index contributed by atoms with van der Waals surface area (Å²) in [4.78, 5) is 14.6. The minimum Gasteiger partial charge on any atom is -0.507 e. The van der Waals surface area contributed by atoms with Gasteiger partial charge in [0.05, 0.1) is 5.56 Å². The van der Waals surface area contributed by atoms with Crippen molar-refractivity contribution in [2.75, 3.05) is 5.75 Å². The van der Waals surface area contributed by atoms with Gasteiger partial charge in [-0.1, -0.05) is 0 Å². The van der Waals surface area contributed by atoms with Gasteiger partial charge in [0.25, 0.3) is 0 Å². The Balaban J connectivity index is 2.35. The standard InChI is InChI=1S/C10H8FNO3S/c11-5-1-2-8(13)6(3-5)9-12-7(4-16-9)10(14)15/h1-3,7,13H,4H2,(H,14,15)/t7-/m1/s1. The molecule has 1 aromatic rings. The van der Waals surface area contributed by atoms with Crippen LogP contribution in [0.1, 0.15) is 5.56 Å². The van der Waals surface area contributed by atoms with Gasteiger partial charge in [-0.3, -0.25) is 4.99 Å². The third kappa shape index (κ3) is 2.01. The minimum atomic E-state index is -1.02. The Labute approximate surface area is 94.8 Å². The molecule has 6 heteroatoms. The molecule has 1 heterocycles. The zero-order valence-electron chi connectivity index (χ0n) is 8.05. The molecule has 0 fully saturated rings. The fraction of sp³-hybridized carbons (Fsp3) is 0.200. The molecule has 1 aromatic carbocycles. The summed E-state index contributed by atoms with van der Waals surface area (Å²) in [6, 6.07) is 2.68. The monoisotopic (exact) mass is 241 g/mol. The number of hydrogen-bond acceptors (Lipinski definition) is 4. The number of hydrogen-bond donors (Lipinski definition) is 2. The van der Waals surface area contributed by atoms with Gasteiger partial charge in [0.15, 0.2) is 6.04 Å². The largest absolute Gasteiger partial charge is 0.507 e. The number of benzene rings is 1. The van der Waals surface area contributed by atoms with E-state index in [4.69, 9.17) is 5.11 Å². The Kier molecular flexibility index (Phi) is 2.82. The van der Waals surface area contributed by atoms with Gasteiger partial charge in [0, 0.05) is 5.75 Å². The molecule has 1 aliphatic rings. The Morgan fingerprint density at radius 3 is 2.94 bits per heavy atom. The number of carboxylic acid groups (broad SMARTS) is 1. The van der Waals surface area contributed by atoms with Gasteiger partial charge in [-0.25, -0.2) is 9.18 Å². The Bertz CT molecular complexity index is 475. The number of thioether (sulfide) groups is 1. The number of carboxylic acids is 1. The molecule has 0 unspecified atom stereocenters. The highest BCUT2D eigenvalue weighted by Gasteiger charge is 2.26. The molecule has 0 aliphatic carbocycles. The van der Waals surface area contributed by atoms with E-state index in [0.717, 1.165) is 12.1 Å². The summed E-state index contributed by atoms with van der Waals surface area (Å²) in [6.45, 7) is 0. The first-order valence-electron chi connectivity index (χ1n) is 4.50. The maximum Gasteiger partial charge on any atom is 0.329 e. The summed E-state index contributed by atoms with van der Waals surface area (Å²) >= 11 is 1.20. The summed E-state index contributed by atoms with van der Waals surface area (Å²) in [7, 11) is 0. The van der Waals surface area contributed by atoms with E-state index in [9.17, 15) is 14.3 Å². The number of carbonyl (C=O) groups is 1. The molecule has 0 saturated heterocycles. The van der Waals surface area contributed by atoms with Crippen molar-refractivity contribution in [1.82, 2.24) is 0 Å². The Morgan fingerprint density at radius 2 is 2.31 bits per heavy atom. The van der Waals surface area contributed by atoms with Gasteiger partial charge in [-0.15, -0.1) is 11.8 Å². The van der Waals surface area contributed by atoms with Crippen molar-refractivity contribution in [3.8, 4) is 5.75 Å². The summed E-state index contributed by atoms with van der Waals surface area (Å²) in [5, 5.41) is 18.6. The van der Waals surface area contributed by atoms with Crippen LogP contribution in [0.5, 0.6) is 5.75 Å². The third-order valence-corrected chi connectivity index (χ3v) is 3.21. The predicted molar refractivity (Wildman–Crippen MR) is 58.5 cm³/mol. The number of phenols is 1. The zero-order valence-corrected chi connectivity index (χ0v) is 8.87. The van der Waals surface area contributed by atoms with Crippen molar-refractivity contribution in [3.05, 3.63) is 29.6 Å². The second-order valence-electron chi connectivity index (χ2n) is 3.26. The van der Waals surface area contributed by atoms with Gasteiger partial charge in [-0.2, -0.15) is 0 Å². The lowest BCUT2D eigenvalue weighted by Crippen LogP contribution is -2.17. The zero-order chi connectivity index (χ0) is 11.7. The van der Waals surface area contributed by atoms with Crippen molar-refractivity contribution < 1.29 is 19.4 Å². The molecule has 0 bridgehead atoms. The highest BCUT2D eigenvalue weighted by molar-refractivity contribution is 8.14. The lowest BCUT2D eigenvalue weighted by atomic mass is 10.2. The average Bonchev–Trinajstić information content (AvgIpc) is 2.70. The van der Waals surface area contributed by atoms with Crippen molar-refractivity contribution in [2.24, 2.45) is 4.99 Å². The molecule has 2 N–H and O–H groups in total. The molecular weight excluding hydrogens is 233 g/mol. The number of halogens is 1. The van der Waals surface area contributed by atoms with Gasteiger partial charge in [0.2, 0.25) is 0 Å². The van der Waals surface area contributed by atoms with Crippen LogP contribution in [0, 0.1) is 5.82 Å². The van der Waals surface area contributed by atoms with Gasteiger partial charge in [-0.05, 0) is 18.2 Å². The topological polar surface area (TPSA) is 69.9 Å². The van der Waals surface area contributed by atoms with Crippen LogP contribution < -0.4 is 0 Å². The Morgan fingerprint density at radius 1 is 1.56 bits per heavy atom. The van der Waals surface area contributed by atoms with E-state index in [0.29, 0.717) is 10.8 Å². The maximum absolute atomic E-state index is 13.0. The first-order chi connectivity index (χ1) is 7.58. The highest BCUT2D eigenvalue weighted by Crippen LogP contribution is 2.29. The summed E-state index contributed by atoms with van der Waals surface area (Å²) in [5.41, 5.74) is 0.244. The molecule has 0 amide bonds. The first-order valence-corrected chi connectivity index (χ1v) is 5.49. The SMILES string of the molecule is O=C(O)[C@H]1CSC(c2cc(F)ccc2O)=N1. The van der Waals surface area contributed by atoms with E-state index in [1.165, 1.54) is 17.8 Å². The molecule has 0 spiro atoms. The molecule has 0 radical (unpaired) electrons.